The molecule has 0 aliphatic heterocycles. The highest BCUT2D eigenvalue weighted by Crippen LogP contribution is 2.56. The van der Waals surface area contributed by atoms with Crippen LogP contribution in [0.25, 0.3) is 0 Å². The molecule has 0 fully saturated rings. The predicted octanol–water partition coefficient (Wildman–Crippen LogP) is 4.55. The number of hydrogen-bond acceptors (Lipinski definition) is 2. The van der Waals surface area contributed by atoms with E-state index in [4.69, 9.17) is 8.92 Å². The van der Waals surface area contributed by atoms with Crippen molar-refractivity contribution in [2.75, 3.05) is 31.8 Å². The molecule has 1 aromatic rings. The van der Waals surface area contributed by atoms with Gasteiger partial charge in [-0.1, -0.05) is 6.92 Å². The standard InChI is InChI=1S/C14H19F5O2S/c1-4-20-7-6-8-21-22(3,5-2)14-12(18)10(16)9(15)11(17)13(14)19/h4-8H2,1-3H3. The Morgan fingerprint density at radius 3 is 1.77 bits per heavy atom. The third-order valence-electron chi connectivity index (χ3n) is 3.13. The molecule has 8 heteroatoms. The van der Waals surface area contributed by atoms with E-state index in [1.807, 2.05) is 6.92 Å². The van der Waals surface area contributed by atoms with E-state index in [0.717, 1.165) is 0 Å². The molecular weight excluding hydrogens is 327 g/mol. The molecule has 0 aliphatic carbocycles. The second kappa shape index (κ2) is 8.12. The highest BCUT2D eigenvalue weighted by atomic mass is 32.3. The molecule has 128 valence electrons. The lowest BCUT2D eigenvalue weighted by Gasteiger charge is -2.35. The number of halogens is 5. The lowest BCUT2D eigenvalue weighted by molar-refractivity contribution is 0.133. The van der Waals surface area contributed by atoms with Crippen LogP contribution in [0.4, 0.5) is 22.0 Å². The molecule has 0 saturated carbocycles. The number of hydrogen-bond donors (Lipinski definition) is 0. The largest absolute Gasteiger partial charge is 0.382 e. The zero-order valence-corrected chi connectivity index (χ0v) is 13.5. The van der Waals surface area contributed by atoms with Crippen LogP contribution in [0.15, 0.2) is 4.90 Å². The minimum atomic E-state index is -2.62. The summed E-state index contributed by atoms with van der Waals surface area (Å²) in [7, 11) is -2.62. The molecule has 22 heavy (non-hydrogen) atoms. The van der Waals surface area contributed by atoms with Crippen LogP contribution < -0.4 is 0 Å². The minimum absolute atomic E-state index is 0.110. The zero-order valence-electron chi connectivity index (χ0n) is 12.7. The normalized spacial score (nSPS) is 15.6. The Kier molecular flexibility index (Phi) is 7.08. The number of rotatable bonds is 8. The first-order valence-corrected chi connectivity index (χ1v) is 8.93. The van der Waals surface area contributed by atoms with Crippen molar-refractivity contribution in [3.63, 3.8) is 0 Å². The Bertz CT molecular complexity index is 497. The maximum Gasteiger partial charge on any atom is 0.200 e. The SMILES string of the molecule is CCOCCCOS(C)(CC)c1c(F)c(F)c(F)c(F)c1F. The molecular formula is C14H19F5O2S. The molecule has 0 heterocycles. The third-order valence-corrected chi connectivity index (χ3v) is 6.14. The first-order valence-electron chi connectivity index (χ1n) is 6.79. The second-order valence-corrected chi connectivity index (χ2v) is 7.80. The summed E-state index contributed by atoms with van der Waals surface area (Å²) in [5.41, 5.74) is 0. The molecule has 1 aromatic carbocycles. The van der Waals surface area contributed by atoms with Crippen LogP contribution in [-0.4, -0.2) is 31.8 Å². The van der Waals surface area contributed by atoms with Crippen LogP contribution in [0.2, 0.25) is 0 Å². The smallest absolute Gasteiger partial charge is 0.200 e. The first-order chi connectivity index (χ1) is 10.3. The number of ether oxygens (including phenoxy) is 1. The van der Waals surface area contributed by atoms with Gasteiger partial charge in [0.1, 0.15) is 0 Å². The summed E-state index contributed by atoms with van der Waals surface area (Å²) in [4.78, 5) is -0.859. The van der Waals surface area contributed by atoms with E-state index < -0.39 is 44.3 Å². The predicted molar refractivity (Wildman–Crippen MR) is 75.6 cm³/mol. The van der Waals surface area contributed by atoms with E-state index >= 15 is 0 Å². The topological polar surface area (TPSA) is 18.5 Å². The van der Waals surface area contributed by atoms with Gasteiger partial charge in [-0.3, -0.25) is 0 Å². The summed E-state index contributed by atoms with van der Waals surface area (Å²) in [6, 6.07) is 0. The summed E-state index contributed by atoms with van der Waals surface area (Å²) in [6.45, 7) is 4.43. The Hall–Kier alpha value is -0.860. The van der Waals surface area contributed by atoms with Gasteiger partial charge in [0, 0.05) is 19.0 Å². The van der Waals surface area contributed by atoms with Gasteiger partial charge >= 0.3 is 0 Å². The van der Waals surface area contributed by atoms with Gasteiger partial charge in [0.25, 0.3) is 0 Å². The van der Waals surface area contributed by atoms with Gasteiger partial charge in [-0.2, -0.15) is 0 Å². The van der Waals surface area contributed by atoms with Crippen molar-refractivity contribution < 1.29 is 30.9 Å². The van der Waals surface area contributed by atoms with Crippen LogP contribution in [0.3, 0.4) is 0 Å². The van der Waals surface area contributed by atoms with Crippen molar-refractivity contribution in [1.29, 1.82) is 0 Å². The molecule has 0 aliphatic rings. The summed E-state index contributed by atoms with van der Waals surface area (Å²) >= 11 is 0. The second-order valence-electron chi connectivity index (χ2n) is 4.57. The van der Waals surface area contributed by atoms with Gasteiger partial charge < -0.3 is 8.92 Å². The van der Waals surface area contributed by atoms with Gasteiger partial charge in [0.2, 0.25) is 5.82 Å². The molecule has 1 rings (SSSR count). The summed E-state index contributed by atoms with van der Waals surface area (Å²) in [5.74, 6) is -9.56. The van der Waals surface area contributed by atoms with Crippen molar-refractivity contribution >= 4 is 10.3 Å². The van der Waals surface area contributed by atoms with Crippen LogP contribution in [-0.2, 0) is 8.92 Å². The quantitative estimate of drug-likeness (QED) is 0.297. The molecule has 0 bridgehead atoms. The number of benzene rings is 1. The van der Waals surface area contributed by atoms with E-state index in [1.165, 1.54) is 6.26 Å². The van der Waals surface area contributed by atoms with Crippen molar-refractivity contribution in [1.82, 2.24) is 0 Å². The molecule has 0 saturated heterocycles. The minimum Gasteiger partial charge on any atom is -0.382 e. The Morgan fingerprint density at radius 1 is 0.818 bits per heavy atom. The van der Waals surface area contributed by atoms with Gasteiger partial charge in [-0.05, 0) is 19.6 Å². The molecule has 0 N–H and O–H groups in total. The van der Waals surface area contributed by atoms with Crippen molar-refractivity contribution in [2.45, 2.75) is 25.2 Å². The van der Waals surface area contributed by atoms with Crippen LogP contribution >= 0.6 is 10.3 Å². The molecule has 1 unspecified atom stereocenters. The molecule has 0 amide bonds. The lowest BCUT2D eigenvalue weighted by atomic mass is 10.3. The fourth-order valence-electron chi connectivity index (χ4n) is 1.80. The summed E-state index contributed by atoms with van der Waals surface area (Å²) in [5, 5.41) is 0. The van der Waals surface area contributed by atoms with Gasteiger partial charge in [0.15, 0.2) is 23.3 Å². The summed E-state index contributed by atoms with van der Waals surface area (Å²) in [6.07, 6.45) is 1.85. The maximum atomic E-state index is 13.9. The highest BCUT2D eigenvalue weighted by Gasteiger charge is 2.34. The van der Waals surface area contributed by atoms with Crippen molar-refractivity contribution in [3.8, 4) is 0 Å². The maximum absolute atomic E-state index is 13.9. The zero-order chi connectivity index (χ0) is 16.9. The fraction of sp³-hybridized carbons (Fsp3) is 0.571. The Morgan fingerprint density at radius 2 is 1.32 bits per heavy atom. The monoisotopic (exact) mass is 346 g/mol. The van der Waals surface area contributed by atoms with E-state index in [1.54, 1.807) is 6.92 Å². The Balaban J connectivity index is 3.08. The van der Waals surface area contributed by atoms with Crippen molar-refractivity contribution in [2.24, 2.45) is 0 Å². The van der Waals surface area contributed by atoms with Crippen molar-refractivity contribution in [3.05, 3.63) is 29.1 Å². The van der Waals surface area contributed by atoms with E-state index in [0.29, 0.717) is 19.6 Å². The van der Waals surface area contributed by atoms with E-state index in [9.17, 15) is 22.0 Å². The van der Waals surface area contributed by atoms with Crippen LogP contribution in [0.1, 0.15) is 20.3 Å². The van der Waals surface area contributed by atoms with E-state index in [-0.39, 0.29) is 12.4 Å². The summed E-state index contributed by atoms with van der Waals surface area (Å²) < 4.78 is 78.2. The van der Waals surface area contributed by atoms with Gasteiger partial charge in [0.05, 0.1) is 11.5 Å². The molecule has 0 aromatic heterocycles. The van der Waals surface area contributed by atoms with E-state index in [2.05, 4.69) is 0 Å². The third kappa shape index (κ3) is 3.91. The van der Waals surface area contributed by atoms with Gasteiger partial charge in [-0.15, -0.1) is 10.3 Å². The van der Waals surface area contributed by atoms with Crippen LogP contribution in [0.5, 0.6) is 0 Å². The average molecular weight is 346 g/mol. The fourth-order valence-corrected chi connectivity index (χ4v) is 3.79. The van der Waals surface area contributed by atoms with Gasteiger partial charge in [-0.25, -0.2) is 22.0 Å². The molecule has 1 atom stereocenters. The Labute approximate surface area is 128 Å². The lowest BCUT2D eigenvalue weighted by Crippen LogP contribution is -2.16. The highest BCUT2D eigenvalue weighted by molar-refractivity contribution is 8.29. The molecule has 0 radical (unpaired) electrons. The molecule has 2 nitrogen and oxygen atoms in total. The van der Waals surface area contributed by atoms with Crippen LogP contribution in [0, 0.1) is 29.1 Å². The molecule has 0 spiro atoms. The average Bonchev–Trinajstić information content (AvgIpc) is 2.51. The first kappa shape index (κ1) is 19.2.